The zero-order valence-corrected chi connectivity index (χ0v) is 7.65. The normalized spacial score (nSPS) is 12.1. The highest BCUT2D eigenvalue weighted by Crippen LogP contribution is 2.12. The smallest absolute Gasteiger partial charge is 0.305 e. The predicted molar refractivity (Wildman–Crippen MR) is 47.4 cm³/mol. The van der Waals surface area contributed by atoms with Gasteiger partial charge in [-0.05, 0) is 0 Å². The molecule has 0 unspecified atom stereocenters. The number of carbonyl (C=O) groups excluding carboxylic acids is 1. The van der Waals surface area contributed by atoms with E-state index in [2.05, 4.69) is 15.3 Å². The predicted octanol–water partition coefficient (Wildman–Crippen LogP) is 0.0616. The summed E-state index contributed by atoms with van der Waals surface area (Å²) in [5, 5.41) is 11.1. The van der Waals surface area contributed by atoms with Crippen molar-refractivity contribution in [3.8, 4) is 0 Å². The van der Waals surface area contributed by atoms with Crippen LogP contribution in [0.15, 0.2) is 12.5 Å². The van der Waals surface area contributed by atoms with Gasteiger partial charge in [0, 0.05) is 6.92 Å². The van der Waals surface area contributed by atoms with E-state index in [1.54, 1.807) is 0 Å². The van der Waals surface area contributed by atoms with Crippen molar-refractivity contribution in [2.24, 2.45) is 0 Å². The van der Waals surface area contributed by atoms with Crippen molar-refractivity contribution in [1.29, 1.82) is 0 Å². The number of H-pyrrole nitrogens is 1. The summed E-state index contributed by atoms with van der Waals surface area (Å²) in [6.45, 7) is 1.34. The fraction of sp³-hybridized carbons (Fsp3) is 0.375. The molecular weight excluding hydrogens is 186 g/mol. The van der Waals surface area contributed by atoms with E-state index in [1.807, 2.05) is 0 Å². The highest BCUT2D eigenvalue weighted by atomic mass is 16.4. The van der Waals surface area contributed by atoms with Crippen molar-refractivity contribution in [2.45, 2.75) is 19.4 Å². The highest BCUT2D eigenvalue weighted by molar-refractivity contribution is 5.75. The molecule has 1 aromatic rings. The number of aromatic nitrogens is 2. The quantitative estimate of drug-likeness (QED) is 0.636. The third-order valence-corrected chi connectivity index (χ3v) is 1.65. The summed E-state index contributed by atoms with van der Waals surface area (Å²) in [7, 11) is 0. The second-order valence-electron chi connectivity index (χ2n) is 2.86. The molecule has 1 aromatic heterocycles. The van der Waals surface area contributed by atoms with Crippen LogP contribution in [0.3, 0.4) is 0 Å². The van der Waals surface area contributed by atoms with Crippen molar-refractivity contribution in [2.75, 3.05) is 0 Å². The van der Waals surface area contributed by atoms with Gasteiger partial charge in [-0.3, -0.25) is 9.59 Å². The summed E-state index contributed by atoms with van der Waals surface area (Å²) >= 11 is 0. The number of rotatable bonds is 4. The highest BCUT2D eigenvalue weighted by Gasteiger charge is 2.17. The first-order valence-corrected chi connectivity index (χ1v) is 4.06. The number of hydrogen-bond donors (Lipinski definition) is 3. The van der Waals surface area contributed by atoms with Crippen LogP contribution in [-0.2, 0) is 9.59 Å². The molecule has 0 saturated carbocycles. The molecule has 0 fully saturated rings. The number of imidazole rings is 1. The largest absolute Gasteiger partial charge is 0.481 e. The molecule has 3 N–H and O–H groups in total. The SMILES string of the molecule is CC(=O)N[C@@H](CC(=O)O)c1cnc[nH]1. The molecule has 6 nitrogen and oxygen atoms in total. The Kier molecular flexibility index (Phi) is 3.22. The van der Waals surface area contributed by atoms with Crippen LogP contribution in [0, 0.1) is 0 Å². The lowest BCUT2D eigenvalue weighted by atomic mass is 10.1. The van der Waals surface area contributed by atoms with Gasteiger partial charge in [0.2, 0.25) is 5.91 Å². The van der Waals surface area contributed by atoms with Crippen molar-refractivity contribution in [3.05, 3.63) is 18.2 Å². The average molecular weight is 197 g/mol. The topological polar surface area (TPSA) is 95.1 Å². The Labute approximate surface area is 80.4 Å². The molecule has 1 amide bonds. The summed E-state index contributed by atoms with van der Waals surface area (Å²) < 4.78 is 0. The molecule has 1 atom stereocenters. The Morgan fingerprint density at radius 1 is 1.71 bits per heavy atom. The zero-order valence-electron chi connectivity index (χ0n) is 7.65. The molecule has 1 heterocycles. The van der Waals surface area contributed by atoms with E-state index in [1.165, 1.54) is 19.4 Å². The maximum atomic E-state index is 10.8. The van der Waals surface area contributed by atoms with Gasteiger partial charge >= 0.3 is 5.97 Å². The third kappa shape index (κ3) is 2.89. The second-order valence-corrected chi connectivity index (χ2v) is 2.86. The Hall–Kier alpha value is -1.85. The molecule has 1 rings (SSSR count). The lowest BCUT2D eigenvalue weighted by molar-refractivity contribution is -0.137. The van der Waals surface area contributed by atoms with Crippen molar-refractivity contribution in [3.63, 3.8) is 0 Å². The lowest BCUT2D eigenvalue weighted by Crippen LogP contribution is -2.28. The molecule has 0 aliphatic heterocycles. The first-order valence-electron chi connectivity index (χ1n) is 4.06. The number of aliphatic carboxylic acids is 1. The van der Waals surface area contributed by atoms with E-state index in [9.17, 15) is 9.59 Å². The minimum atomic E-state index is -0.974. The summed E-state index contributed by atoms with van der Waals surface area (Å²) in [5.74, 6) is -1.25. The summed E-state index contributed by atoms with van der Waals surface area (Å²) in [6, 6.07) is -0.549. The Morgan fingerprint density at radius 3 is 2.86 bits per heavy atom. The van der Waals surface area contributed by atoms with Crippen LogP contribution >= 0.6 is 0 Å². The van der Waals surface area contributed by atoms with Gasteiger partial charge in [-0.2, -0.15) is 0 Å². The van der Waals surface area contributed by atoms with E-state index in [4.69, 9.17) is 5.11 Å². The molecule has 6 heteroatoms. The fourth-order valence-electron chi connectivity index (χ4n) is 1.12. The number of nitrogens with zero attached hydrogens (tertiary/aromatic N) is 1. The van der Waals surface area contributed by atoms with Crippen molar-refractivity contribution >= 4 is 11.9 Å². The van der Waals surface area contributed by atoms with E-state index in [0.29, 0.717) is 5.69 Å². The Bertz CT molecular complexity index is 305. The summed E-state index contributed by atoms with van der Waals surface area (Å²) in [6.07, 6.45) is 2.76. The molecule has 76 valence electrons. The standard InChI is InChI=1S/C8H11N3O3/c1-5(12)11-6(2-8(13)14)7-3-9-4-10-7/h3-4,6H,2H2,1H3,(H,9,10)(H,11,12)(H,13,14)/t6-/m0/s1. The average Bonchev–Trinajstić information content (AvgIpc) is 2.52. The van der Waals surface area contributed by atoms with Crippen molar-refractivity contribution in [1.82, 2.24) is 15.3 Å². The monoisotopic (exact) mass is 197 g/mol. The van der Waals surface area contributed by atoms with E-state index >= 15 is 0 Å². The molecule has 0 aliphatic carbocycles. The molecular formula is C8H11N3O3. The van der Waals surface area contributed by atoms with Gasteiger partial charge in [0.25, 0.3) is 0 Å². The van der Waals surface area contributed by atoms with Crippen LogP contribution in [0.25, 0.3) is 0 Å². The number of carboxylic acids is 1. The fourth-order valence-corrected chi connectivity index (χ4v) is 1.12. The Morgan fingerprint density at radius 2 is 2.43 bits per heavy atom. The van der Waals surface area contributed by atoms with Crippen LogP contribution in [0.2, 0.25) is 0 Å². The van der Waals surface area contributed by atoms with Crippen LogP contribution < -0.4 is 5.32 Å². The number of amides is 1. The first-order chi connectivity index (χ1) is 6.59. The Balaban J connectivity index is 2.71. The van der Waals surface area contributed by atoms with Crippen LogP contribution in [0.1, 0.15) is 25.1 Å². The van der Waals surface area contributed by atoms with E-state index in [-0.39, 0.29) is 12.3 Å². The van der Waals surface area contributed by atoms with Gasteiger partial charge in [-0.25, -0.2) is 4.98 Å². The number of hydrogen-bond acceptors (Lipinski definition) is 3. The second kappa shape index (κ2) is 4.40. The van der Waals surface area contributed by atoms with Gasteiger partial charge < -0.3 is 15.4 Å². The summed E-state index contributed by atoms with van der Waals surface area (Å²) in [5.41, 5.74) is 0.586. The molecule has 0 bridgehead atoms. The minimum Gasteiger partial charge on any atom is -0.481 e. The molecule has 0 spiro atoms. The molecule has 0 saturated heterocycles. The maximum absolute atomic E-state index is 10.8. The molecule has 0 aliphatic rings. The van der Waals surface area contributed by atoms with Crippen LogP contribution in [-0.4, -0.2) is 27.0 Å². The zero-order chi connectivity index (χ0) is 10.6. The lowest BCUT2D eigenvalue weighted by Gasteiger charge is -2.13. The van der Waals surface area contributed by atoms with E-state index in [0.717, 1.165) is 0 Å². The van der Waals surface area contributed by atoms with Gasteiger partial charge in [-0.15, -0.1) is 0 Å². The first kappa shape index (κ1) is 10.2. The maximum Gasteiger partial charge on any atom is 0.305 e. The van der Waals surface area contributed by atoms with Crippen molar-refractivity contribution < 1.29 is 14.7 Å². The summed E-state index contributed by atoms with van der Waals surface area (Å²) in [4.78, 5) is 27.8. The number of carbonyl (C=O) groups is 2. The van der Waals surface area contributed by atoms with Crippen LogP contribution in [0.4, 0.5) is 0 Å². The molecule has 0 aromatic carbocycles. The molecule has 14 heavy (non-hydrogen) atoms. The number of nitrogens with one attached hydrogen (secondary N) is 2. The number of aromatic amines is 1. The molecule has 0 radical (unpaired) electrons. The van der Waals surface area contributed by atoms with Crippen LogP contribution in [0.5, 0.6) is 0 Å². The third-order valence-electron chi connectivity index (χ3n) is 1.65. The van der Waals surface area contributed by atoms with Gasteiger partial charge in [-0.1, -0.05) is 0 Å². The van der Waals surface area contributed by atoms with Gasteiger partial charge in [0.1, 0.15) is 0 Å². The number of carboxylic acid groups (broad SMARTS) is 1. The van der Waals surface area contributed by atoms with Gasteiger partial charge in [0.15, 0.2) is 0 Å². The van der Waals surface area contributed by atoms with Gasteiger partial charge in [0.05, 0.1) is 30.7 Å². The minimum absolute atomic E-state index is 0.165. The van der Waals surface area contributed by atoms with E-state index < -0.39 is 12.0 Å².